The van der Waals surface area contributed by atoms with Crippen LogP contribution < -0.4 is 15.1 Å². The van der Waals surface area contributed by atoms with Crippen LogP contribution in [0.1, 0.15) is 0 Å². The largest absolute Gasteiger partial charge is 0.503 e. The molecule has 4 rings (SSSR count). The van der Waals surface area contributed by atoms with Crippen LogP contribution in [0, 0.1) is 0 Å². The normalized spacial score (nSPS) is 14.8. The molecule has 0 atom stereocenters. The molecule has 0 aliphatic carbocycles. The quantitative estimate of drug-likeness (QED) is 0.731. The van der Waals surface area contributed by atoms with Gasteiger partial charge in [0.05, 0.1) is 25.3 Å². The first-order valence-corrected chi connectivity index (χ1v) is 9.29. The number of hydrogen-bond acceptors (Lipinski definition) is 7. The number of ether oxygens (including phenoxy) is 2. The number of methoxy groups -OCH3 is 1. The topological polar surface area (TPSA) is 72.1 Å². The first-order valence-electron chi connectivity index (χ1n) is 8.03. The van der Waals surface area contributed by atoms with Crippen LogP contribution in [0.5, 0.6) is 11.5 Å². The zero-order valence-electron chi connectivity index (χ0n) is 14.0. The molecule has 6 nitrogen and oxygen atoms in total. The summed E-state index contributed by atoms with van der Waals surface area (Å²) in [5.74, 6) is 0.675. The van der Waals surface area contributed by atoms with Crippen molar-refractivity contribution in [1.29, 1.82) is 0 Å². The Balaban J connectivity index is 1.87. The van der Waals surface area contributed by atoms with Crippen LogP contribution in [-0.2, 0) is 4.74 Å². The maximum Gasteiger partial charge on any atom is 0.204 e. The van der Waals surface area contributed by atoms with E-state index in [0.29, 0.717) is 48.0 Å². The Morgan fingerprint density at radius 2 is 2.04 bits per heavy atom. The minimum atomic E-state index is -0.118. The average Bonchev–Trinajstić information content (AvgIpc) is 3.09. The lowest BCUT2D eigenvalue weighted by molar-refractivity contribution is 0.121. The van der Waals surface area contributed by atoms with E-state index < -0.39 is 0 Å². The predicted molar refractivity (Wildman–Crippen MR) is 102 cm³/mol. The van der Waals surface area contributed by atoms with Gasteiger partial charge in [-0.15, -0.1) is 11.3 Å². The van der Waals surface area contributed by atoms with Crippen molar-refractivity contribution >= 4 is 39.1 Å². The molecule has 0 spiro atoms. The SMILES string of the molecule is COc1cc(-c2csc3c(=O)cc(N4CCOCC4)oc23)cc(Cl)c1O. The Labute approximate surface area is 158 Å². The van der Waals surface area contributed by atoms with Gasteiger partial charge in [-0.3, -0.25) is 4.79 Å². The molecule has 1 aliphatic rings. The van der Waals surface area contributed by atoms with Gasteiger partial charge in [-0.05, 0) is 17.7 Å². The number of anilines is 1. The number of thiophene rings is 1. The second kappa shape index (κ2) is 6.83. The summed E-state index contributed by atoms with van der Waals surface area (Å²) in [5.41, 5.74) is 1.87. The van der Waals surface area contributed by atoms with Crippen molar-refractivity contribution in [1.82, 2.24) is 0 Å². The molecule has 8 heteroatoms. The fourth-order valence-electron chi connectivity index (χ4n) is 2.95. The summed E-state index contributed by atoms with van der Waals surface area (Å²) < 4.78 is 17.2. The second-order valence-electron chi connectivity index (χ2n) is 5.86. The molecule has 1 aliphatic heterocycles. The van der Waals surface area contributed by atoms with E-state index in [2.05, 4.69) is 0 Å². The lowest BCUT2D eigenvalue weighted by atomic mass is 10.1. The number of hydrogen-bond donors (Lipinski definition) is 1. The predicted octanol–water partition coefficient (Wildman–Crippen LogP) is 3.73. The minimum Gasteiger partial charge on any atom is -0.503 e. The fourth-order valence-corrected chi connectivity index (χ4v) is 4.08. The molecule has 136 valence electrons. The lowest BCUT2D eigenvalue weighted by Gasteiger charge is -2.27. The van der Waals surface area contributed by atoms with Crippen molar-refractivity contribution in [3.05, 3.63) is 38.8 Å². The Morgan fingerprint density at radius 1 is 1.27 bits per heavy atom. The highest BCUT2D eigenvalue weighted by Gasteiger charge is 2.20. The van der Waals surface area contributed by atoms with Crippen molar-refractivity contribution < 1.29 is 19.0 Å². The zero-order valence-corrected chi connectivity index (χ0v) is 15.5. The number of morpholine rings is 1. The van der Waals surface area contributed by atoms with E-state index in [-0.39, 0.29) is 22.0 Å². The molecular weight excluding hydrogens is 378 g/mol. The van der Waals surface area contributed by atoms with Crippen molar-refractivity contribution in [2.75, 3.05) is 38.3 Å². The van der Waals surface area contributed by atoms with Crippen molar-refractivity contribution in [3.63, 3.8) is 0 Å². The Morgan fingerprint density at radius 3 is 2.77 bits per heavy atom. The van der Waals surface area contributed by atoms with Gasteiger partial charge >= 0.3 is 0 Å². The molecular formula is C18H16ClNO5S. The molecule has 0 saturated carbocycles. The maximum atomic E-state index is 12.5. The smallest absolute Gasteiger partial charge is 0.204 e. The van der Waals surface area contributed by atoms with E-state index in [1.807, 2.05) is 10.3 Å². The zero-order chi connectivity index (χ0) is 18.3. The van der Waals surface area contributed by atoms with Crippen LogP contribution >= 0.6 is 22.9 Å². The fraction of sp³-hybridized carbons (Fsp3) is 0.278. The average molecular weight is 394 g/mol. The molecule has 1 saturated heterocycles. The summed E-state index contributed by atoms with van der Waals surface area (Å²) in [4.78, 5) is 14.5. The highest BCUT2D eigenvalue weighted by atomic mass is 35.5. The van der Waals surface area contributed by atoms with Crippen LogP contribution in [-0.4, -0.2) is 38.5 Å². The molecule has 1 aromatic carbocycles. The van der Waals surface area contributed by atoms with Crippen LogP contribution in [0.2, 0.25) is 5.02 Å². The van der Waals surface area contributed by atoms with Gasteiger partial charge in [0.15, 0.2) is 23.0 Å². The molecule has 3 heterocycles. The van der Waals surface area contributed by atoms with Crippen LogP contribution in [0.4, 0.5) is 5.88 Å². The highest BCUT2D eigenvalue weighted by molar-refractivity contribution is 7.17. The third-order valence-electron chi connectivity index (χ3n) is 4.31. The number of aromatic hydroxyl groups is 1. The Hall–Kier alpha value is -2.22. The van der Waals surface area contributed by atoms with Gasteiger partial charge < -0.3 is 23.9 Å². The second-order valence-corrected chi connectivity index (χ2v) is 7.15. The van der Waals surface area contributed by atoms with Gasteiger partial charge in [0.1, 0.15) is 4.70 Å². The summed E-state index contributed by atoms with van der Waals surface area (Å²) in [6.07, 6.45) is 0. The van der Waals surface area contributed by atoms with Gasteiger partial charge in [-0.25, -0.2) is 0 Å². The van der Waals surface area contributed by atoms with Gasteiger partial charge in [0.25, 0.3) is 0 Å². The molecule has 26 heavy (non-hydrogen) atoms. The van der Waals surface area contributed by atoms with Crippen molar-refractivity contribution in [2.45, 2.75) is 0 Å². The van der Waals surface area contributed by atoms with Crippen molar-refractivity contribution in [3.8, 4) is 22.6 Å². The van der Waals surface area contributed by atoms with Gasteiger partial charge in [-0.1, -0.05) is 11.6 Å². The van der Waals surface area contributed by atoms with E-state index in [1.165, 1.54) is 24.5 Å². The van der Waals surface area contributed by atoms with Crippen LogP contribution in [0.15, 0.2) is 32.8 Å². The van der Waals surface area contributed by atoms with E-state index in [0.717, 1.165) is 5.56 Å². The molecule has 0 bridgehead atoms. The van der Waals surface area contributed by atoms with E-state index >= 15 is 0 Å². The van der Waals surface area contributed by atoms with Gasteiger partial charge in [-0.2, -0.15) is 0 Å². The summed E-state index contributed by atoms with van der Waals surface area (Å²) in [6, 6.07) is 4.82. The number of benzene rings is 1. The lowest BCUT2D eigenvalue weighted by Crippen LogP contribution is -2.36. The number of halogens is 1. The summed E-state index contributed by atoms with van der Waals surface area (Å²) in [5, 5.41) is 12.0. The third kappa shape index (κ3) is 2.92. The van der Waals surface area contributed by atoms with E-state index in [9.17, 15) is 9.90 Å². The number of phenolic OH excluding ortho intramolecular Hbond substituents is 1. The minimum absolute atomic E-state index is 0.0826. The first kappa shape index (κ1) is 17.2. The van der Waals surface area contributed by atoms with Gasteiger partial charge in [0.2, 0.25) is 5.43 Å². The maximum absolute atomic E-state index is 12.5. The Kier molecular flexibility index (Phi) is 4.52. The van der Waals surface area contributed by atoms with E-state index in [4.69, 9.17) is 25.5 Å². The van der Waals surface area contributed by atoms with E-state index in [1.54, 1.807) is 12.1 Å². The number of fused-ring (bicyclic) bond motifs is 1. The number of rotatable bonds is 3. The summed E-state index contributed by atoms with van der Waals surface area (Å²) >= 11 is 7.43. The number of phenols is 1. The number of nitrogens with zero attached hydrogens (tertiary/aromatic N) is 1. The third-order valence-corrected chi connectivity index (χ3v) is 5.58. The summed E-state index contributed by atoms with van der Waals surface area (Å²) in [7, 11) is 1.46. The molecule has 3 aromatic rings. The molecule has 0 unspecified atom stereocenters. The molecule has 0 amide bonds. The molecule has 2 aromatic heterocycles. The van der Waals surface area contributed by atoms with Crippen molar-refractivity contribution in [2.24, 2.45) is 0 Å². The van der Waals surface area contributed by atoms with Gasteiger partial charge in [0, 0.05) is 30.1 Å². The molecule has 1 N–H and O–H groups in total. The monoisotopic (exact) mass is 393 g/mol. The highest BCUT2D eigenvalue weighted by Crippen LogP contribution is 2.41. The summed E-state index contributed by atoms with van der Waals surface area (Å²) in [6.45, 7) is 2.55. The molecule has 1 fully saturated rings. The first-order chi connectivity index (χ1) is 12.6. The van der Waals surface area contributed by atoms with Crippen LogP contribution in [0.25, 0.3) is 21.4 Å². The van der Waals surface area contributed by atoms with Crippen LogP contribution in [0.3, 0.4) is 0 Å². The molecule has 0 radical (unpaired) electrons. The standard InChI is InChI=1S/C18H16ClNO5S/c1-23-14-7-10(6-12(19)16(14)22)11-9-26-18-13(21)8-15(25-17(11)18)20-2-4-24-5-3-20/h6-9,22H,2-5H2,1H3. The Bertz CT molecular complexity index is 1020.